The van der Waals surface area contributed by atoms with E-state index in [9.17, 15) is 18.3 Å². The molecule has 0 aromatic heterocycles. The van der Waals surface area contributed by atoms with Crippen LogP contribution in [0.1, 0.15) is 87.7 Å². The van der Waals surface area contributed by atoms with Crippen LogP contribution in [0.3, 0.4) is 0 Å². The molecule has 2 aliphatic heterocycles. The number of aryl methyl sites for hydroxylation is 1. The van der Waals surface area contributed by atoms with Gasteiger partial charge in [0.25, 0.3) is 5.91 Å². The summed E-state index contributed by atoms with van der Waals surface area (Å²) < 4.78 is 35.1. The molecular formula is C34H45ClN2O5S. The van der Waals surface area contributed by atoms with Gasteiger partial charge in [-0.25, -0.2) is 13.1 Å². The molecule has 2 aliphatic carbocycles. The predicted octanol–water partition coefficient (Wildman–Crippen LogP) is 6.10. The molecule has 1 amide bonds. The lowest BCUT2D eigenvalue weighted by atomic mass is 9.63. The molecule has 234 valence electrons. The topological polar surface area (TPSA) is 95.9 Å². The minimum absolute atomic E-state index is 0.174. The van der Waals surface area contributed by atoms with Crippen molar-refractivity contribution < 1.29 is 23.1 Å². The maximum absolute atomic E-state index is 13.3. The first kappa shape index (κ1) is 30.7. The quantitative estimate of drug-likeness (QED) is 0.426. The average molecular weight is 629 g/mol. The second kappa shape index (κ2) is 11.3. The Morgan fingerprint density at radius 2 is 1.84 bits per heavy atom. The fraction of sp³-hybridized carbons (Fsp3) is 0.618. The van der Waals surface area contributed by atoms with Gasteiger partial charge in [-0.15, -0.1) is 0 Å². The van der Waals surface area contributed by atoms with Crippen molar-refractivity contribution in [2.24, 2.45) is 23.7 Å². The van der Waals surface area contributed by atoms with Gasteiger partial charge in [0.1, 0.15) is 5.75 Å². The van der Waals surface area contributed by atoms with E-state index in [-0.39, 0.29) is 22.8 Å². The van der Waals surface area contributed by atoms with Crippen LogP contribution < -0.4 is 14.4 Å². The Labute approximate surface area is 261 Å². The van der Waals surface area contributed by atoms with Crippen LogP contribution in [-0.4, -0.2) is 50.0 Å². The Bertz CT molecular complexity index is 1510. The maximum Gasteiger partial charge on any atom is 0.264 e. The number of fused-ring (bicyclic) bond motifs is 3. The Kier molecular flexibility index (Phi) is 8.04. The van der Waals surface area contributed by atoms with Gasteiger partial charge < -0.3 is 14.7 Å². The first-order chi connectivity index (χ1) is 20.3. The zero-order valence-electron chi connectivity index (χ0n) is 25.7. The van der Waals surface area contributed by atoms with Gasteiger partial charge in [0.15, 0.2) is 0 Å². The number of nitrogens with zero attached hydrogens (tertiary/aromatic N) is 1. The lowest BCUT2D eigenvalue weighted by Crippen LogP contribution is -2.52. The molecule has 2 fully saturated rings. The number of amides is 1. The van der Waals surface area contributed by atoms with Crippen molar-refractivity contribution in [2.45, 2.75) is 88.9 Å². The summed E-state index contributed by atoms with van der Waals surface area (Å²) in [5.74, 6) is 1.03. The summed E-state index contributed by atoms with van der Waals surface area (Å²) in [6, 6.07) is 11.4. The fourth-order valence-corrected chi connectivity index (χ4v) is 9.28. The Morgan fingerprint density at radius 3 is 2.56 bits per heavy atom. The second-order valence-corrected chi connectivity index (χ2v) is 16.6. The van der Waals surface area contributed by atoms with E-state index >= 15 is 0 Å². The molecule has 2 saturated carbocycles. The van der Waals surface area contributed by atoms with Gasteiger partial charge in [0.2, 0.25) is 10.0 Å². The Hall–Kier alpha value is -2.29. The van der Waals surface area contributed by atoms with E-state index in [0.717, 1.165) is 55.8 Å². The summed E-state index contributed by atoms with van der Waals surface area (Å²) in [6.45, 7) is 9.88. The van der Waals surface area contributed by atoms with Crippen molar-refractivity contribution >= 4 is 33.2 Å². The van der Waals surface area contributed by atoms with Gasteiger partial charge in [-0.2, -0.15) is 0 Å². The molecule has 9 heteroatoms. The molecule has 0 spiro atoms. The number of halogens is 1. The van der Waals surface area contributed by atoms with Crippen LogP contribution in [0.2, 0.25) is 5.02 Å². The highest BCUT2D eigenvalue weighted by molar-refractivity contribution is 7.90. The normalized spacial score (nSPS) is 35.3. The number of sulfonamides is 1. The van der Waals surface area contributed by atoms with Crippen LogP contribution in [0.4, 0.5) is 5.69 Å². The first-order valence-electron chi connectivity index (χ1n) is 15.9. The molecule has 2 N–H and O–H groups in total. The van der Waals surface area contributed by atoms with Crippen molar-refractivity contribution in [1.29, 1.82) is 0 Å². The third-order valence-electron chi connectivity index (χ3n) is 10.9. The van der Waals surface area contributed by atoms with Crippen molar-refractivity contribution in [1.82, 2.24) is 4.72 Å². The zero-order valence-corrected chi connectivity index (χ0v) is 27.3. The molecule has 4 aliphatic rings. The number of nitrogens with one attached hydrogen (secondary N) is 1. The van der Waals surface area contributed by atoms with Crippen molar-refractivity contribution in [3.63, 3.8) is 0 Å². The van der Waals surface area contributed by atoms with Crippen molar-refractivity contribution in [3.05, 3.63) is 58.1 Å². The summed E-state index contributed by atoms with van der Waals surface area (Å²) in [4.78, 5) is 15.7. The van der Waals surface area contributed by atoms with E-state index in [2.05, 4.69) is 35.6 Å². The number of ether oxygens (including phenoxy) is 1. The van der Waals surface area contributed by atoms with Crippen LogP contribution in [0, 0.1) is 23.7 Å². The monoisotopic (exact) mass is 628 g/mol. The van der Waals surface area contributed by atoms with Crippen molar-refractivity contribution in [3.8, 4) is 5.75 Å². The molecule has 2 bridgehead atoms. The largest absolute Gasteiger partial charge is 0.490 e. The highest BCUT2D eigenvalue weighted by Crippen LogP contribution is 2.57. The summed E-state index contributed by atoms with van der Waals surface area (Å²) in [5, 5.41) is 11.9. The van der Waals surface area contributed by atoms with Gasteiger partial charge in [-0.05, 0) is 118 Å². The maximum atomic E-state index is 13.3. The lowest BCUT2D eigenvalue weighted by molar-refractivity contribution is -0.0868. The van der Waals surface area contributed by atoms with Crippen molar-refractivity contribution in [2.75, 3.05) is 24.6 Å². The standard InChI is InChI=1S/C34H45ClN2O5S/c1-5-6-22-15-26(35)11-13-27(22)33(3)19-37-18-25-9-12-28(25)34(4,39)29-16-23(29)8-7-21(2)43(40,41)36-32(38)24-10-14-31(42-20-33)30(37)17-24/h10-11,13-15,17,21,23,25,28-29,39H,5-9,12,16,18-20H2,1-4H3,(H,36,38)/t21-,23+,25+,28-,29+,33+,34-/m1/s1. The van der Waals surface area contributed by atoms with Gasteiger partial charge in [-0.1, -0.05) is 37.9 Å². The molecule has 2 heterocycles. The molecule has 7 nitrogen and oxygen atoms in total. The third-order valence-corrected chi connectivity index (χ3v) is 12.9. The fourth-order valence-electron chi connectivity index (χ4n) is 8.06. The summed E-state index contributed by atoms with van der Waals surface area (Å²) in [7, 11) is -3.86. The van der Waals surface area contributed by atoms with Gasteiger partial charge in [-0.3, -0.25) is 4.79 Å². The summed E-state index contributed by atoms with van der Waals surface area (Å²) >= 11 is 6.44. The summed E-state index contributed by atoms with van der Waals surface area (Å²) in [5.41, 5.74) is 2.33. The third kappa shape index (κ3) is 5.80. The molecule has 0 unspecified atom stereocenters. The van der Waals surface area contributed by atoms with Crippen LogP contribution >= 0.6 is 11.6 Å². The second-order valence-electron chi connectivity index (χ2n) is 14.1. The number of rotatable bonds is 3. The number of carbonyl (C=O) groups excluding carboxylic acids is 1. The molecule has 2 aromatic rings. The minimum atomic E-state index is -3.86. The van der Waals surface area contributed by atoms with E-state index < -0.39 is 26.8 Å². The highest BCUT2D eigenvalue weighted by Gasteiger charge is 2.56. The molecule has 2 aromatic carbocycles. The Morgan fingerprint density at radius 1 is 1.07 bits per heavy atom. The number of anilines is 1. The van der Waals surface area contributed by atoms with Crippen LogP contribution in [0.15, 0.2) is 36.4 Å². The van der Waals surface area contributed by atoms with E-state index in [4.69, 9.17) is 16.3 Å². The molecule has 43 heavy (non-hydrogen) atoms. The molecule has 7 atom stereocenters. The van der Waals surface area contributed by atoms with E-state index in [0.29, 0.717) is 37.2 Å². The highest BCUT2D eigenvalue weighted by atomic mass is 35.5. The molecule has 0 saturated heterocycles. The zero-order chi connectivity index (χ0) is 30.7. The average Bonchev–Trinajstić information content (AvgIpc) is 3.73. The lowest BCUT2D eigenvalue weighted by Gasteiger charge is -2.49. The van der Waals surface area contributed by atoms with Crippen LogP contribution in [-0.2, 0) is 21.9 Å². The predicted molar refractivity (Wildman–Crippen MR) is 170 cm³/mol. The number of hydrogen-bond donors (Lipinski definition) is 2. The molecular weight excluding hydrogens is 584 g/mol. The minimum Gasteiger partial charge on any atom is -0.490 e. The first-order valence-corrected chi connectivity index (χ1v) is 17.8. The smallest absolute Gasteiger partial charge is 0.264 e. The van der Waals surface area contributed by atoms with Gasteiger partial charge in [0.05, 0.1) is 23.1 Å². The van der Waals surface area contributed by atoms with Crippen LogP contribution in [0.5, 0.6) is 5.75 Å². The summed E-state index contributed by atoms with van der Waals surface area (Å²) in [6.07, 6.45) is 6.05. The van der Waals surface area contributed by atoms with E-state index in [1.807, 2.05) is 13.0 Å². The van der Waals surface area contributed by atoms with Gasteiger partial charge in [0, 0.05) is 29.1 Å². The molecule has 0 radical (unpaired) electrons. The number of carbonyl (C=O) groups is 1. The van der Waals surface area contributed by atoms with Gasteiger partial charge >= 0.3 is 0 Å². The van der Waals surface area contributed by atoms with E-state index in [1.54, 1.807) is 25.1 Å². The number of hydrogen-bond acceptors (Lipinski definition) is 6. The van der Waals surface area contributed by atoms with E-state index in [1.165, 1.54) is 11.1 Å². The Balaban J connectivity index is 1.42. The number of benzene rings is 2. The van der Waals surface area contributed by atoms with Crippen LogP contribution in [0.25, 0.3) is 0 Å². The number of aliphatic hydroxyl groups is 1. The molecule has 6 rings (SSSR count). The SMILES string of the molecule is CCCc1cc(Cl)ccc1[C@]1(C)COc2ccc3cc2N(C[C@@H]2CC[C@H]2[C@@](C)(O)[C@H]2C[C@@H]2CC[C@@H](C)S(=O)(=O)NC3=O)C1.